The van der Waals surface area contributed by atoms with Gasteiger partial charge in [0.25, 0.3) is 0 Å². The van der Waals surface area contributed by atoms with Gasteiger partial charge in [-0.05, 0) is 26.1 Å². The van der Waals surface area contributed by atoms with Gasteiger partial charge in [0, 0.05) is 6.54 Å². The van der Waals surface area contributed by atoms with Crippen LogP contribution in [-0.4, -0.2) is 28.3 Å². The first-order valence-electron chi connectivity index (χ1n) is 3.72. The van der Waals surface area contributed by atoms with Crippen LogP contribution in [0, 0.1) is 5.92 Å². The predicted molar refractivity (Wildman–Crippen MR) is 48.5 cm³/mol. The van der Waals surface area contributed by atoms with Gasteiger partial charge in [-0.3, -0.25) is 4.79 Å². The number of hydrogen-bond acceptors (Lipinski definition) is 3. The summed E-state index contributed by atoms with van der Waals surface area (Å²) in [6.07, 6.45) is 0. The molecule has 0 saturated carbocycles. The number of aliphatic hydroxyl groups is 1. The summed E-state index contributed by atoms with van der Waals surface area (Å²) in [5.74, 6) is -0.494. The van der Waals surface area contributed by atoms with Crippen molar-refractivity contribution in [1.82, 2.24) is 10.6 Å². The van der Waals surface area contributed by atoms with Gasteiger partial charge in [-0.2, -0.15) is 0 Å². The fraction of sp³-hybridized carbons (Fsp3) is 0.714. The van der Waals surface area contributed by atoms with Crippen LogP contribution in [0.2, 0.25) is 0 Å². The summed E-state index contributed by atoms with van der Waals surface area (Å²) in [6, 6.07) is 0. The first kappa shape index (κ1) is 9.41. The molecular formula is C7H12N2O2S. The fourth-order valence-electron chi connectivity index (χ4n) is 1.29. The van der Waals surface area contributed by atoms with Crippen molar-refractivity contribution in [1.29, 1.82) is 0 Å². The molecular weight excluding hydrogens is 176 g/mol. The van der Waals surface area contributed by atoms with Gasteiger partial charge in [0.1, 0.15) is 11.5 Å². The molecule has 0 spiro atoms. The molecule has 1 heterocycles. The van der Waals surface area contributed by atoms with E-state index in [0.717, 1.165) is 0 Å². The number of hydrogen-bond donors (Lipinski definition) is 3. The zero-order valence-corrected chi connectivity index (χ0v) is 7.86. The van der Waals surface area contributed by atoms with Crippen molar-refractivity contribution in [3.8, 4) is 0 Å². The summed E-state index contributed by atoms with van der Waals surface area (Å²) in [4.78, 5) is 11.0. The fourth-order valence-corrected chi connectivity index (χ4v) is 1.58. The van der Waals surface area contributed by atoms with Crippen LogP contribution < -0.4 is 10.6 Å². The Morgan fingerprint density at radius 2 is 2.42 bits per heavy atom. The van der Waals surface area contributed by atoms with Gasteiger partial charge in [0.05, 0.1) is 5.92 Å². The lowest BCUT2D eigenvalue weighted by atomic mass is 9.92. The molecule has 0 unspecified atom stereocenters. The quantitative estimate of drug-likeness (QED) is 0.479. The normalized spacial score (nSPS) is 35.2. The number of ketones is 1. The number of carbonyl (C=O) groups excluding carboxylic acids is 1. The van der Waals surface area contributed by atoms with Crippen LogP contribution in [0.25, 0.3) is 0 Å². The highest BCUT2D eigenvalue weighted by molar-refractivity contribution is 7.80. The average molecular weight is 188 g/mol. The molecule has 3 N–H and O–H groups in total. The molecule has 0 aliphatic carbocycles. The van der Waals surface area contributed by atoms with E-state index in [0.29, 0.717) is 11.7 Å². The molecule has 4 nitrogen and oxygen atoms in total. The molecule has 1 saturated heterocycles. The molecule has 1 fully saturated rings. The third-order valence-electron chi connectivity index (χ3n) is 2.00. The highest BCUT2D eigenvalue weighted by Gasteiger charge is 2.38. The lowest BCUT2D eigenvalue weighted by molar-refractivity contribution is -0.130. The summed E-state index contributed by atoms with van der Waals surface area (Å²) in [6.45, 7) is 3.40. The summed E-state index contributed by atoms with van der Waals surface area (Å²) in [5.41, 5.74) is -1.21. The maximum atomic E-state index is 11.0. The van der Waals surface area contributed by atoms with Crippen molar-refractivity contribution in [2.45, 2.75) is 19.6 Å². The van der Waals surface area contributed by atoms with E-state index in [1.807, 2.05) is 0 Å². The second-order valence-corrected chi connectivity index (χ2v) is 3.55. The lowest BCUT2D eigenvalue weighted by Gasteiger charge is -2.37. The Kier molecular flexibility index (Phi) is 2.34. The molecule has 68 valence electrons. The molecule has 0 bridgehead atoms. The zero-order valence-electron chi connectivity index (χ0n) is 7.05. The molecule has 0 aromatic carbocycles. The van der Waals surface area contributed by atoms with E-state index in [9.17, 15) is 9.90 Å². The van der Waals surface area contributed by atoms with Crippen LogP contribution in [0.1, 0.15) is 13.8 Å². The van der Waals surface area contributed by atoms with E-state index in [1.165, 1.54) is 6.92 Å². The highest BCUT2D eigenvalue weighted by Crippen LogP contribution is 2.17. The van der Waals surface area contributed by atoms with Gasteiger partial charge in [-0.15, -0.1) is 0 Å². The van der Waals surface area contributed by atoms with Gasteiger partial charge in [0.15, 0.2) is 5.11 Å². The Bertz CT molecular complexity index is 227. The van der Waals surface area contributed by atoms with Gasteiger partial charge >= 0.3 is 0 Å². The third-order valence-corrected chi connectivity index (χ3v) is 2.25. The molecule has 0 aromatic rings. The molecule has 0 radical (unpaired) electrons. The standard InChI is InChI=1S/C7H12N2O2S/c1-4(10)5-3-8-6(12)9-7(5,2)11/h5,11H,3H2,1-2H3,(H2,8,9,12)/t5-,7-/m1/s1. The molecule has 2 atom stereocenters. The molecule has 0 amide bonds. The minimum absolute atomic E-state index is 0.0532. The van der Waals surface area contributed by atoms with Gasteiger partial charge in [-0.25, -0.2) is 0 Å². The minimum atomic E-state index is -1.21. The SMILES string of the molecule is CC(=O)[C@H]1CNC(=S)N[C@]1(C)O. The number of thiocarbonyl (C=S) groups is 1. The van der Waals surface area contributed by atoms with E-state index in [2.05, 4.69) is 10.6 Å². The maximum Gasteiger partial charge on any atom is 0.168 e. The van der Waals surface area contributed by atoms with Crippen LogP contribution in [0.5, 0.6) is 0 Å². The van der Waals surface area contributed by atoms with E-state index in [1.54, 1.807) is 6.92 Å². The van der Waals surface area contributed by atoms with Crippen LogP contribution >= 0.6 is 12.2 Å². The van der Waals surface area contributed by atoms with Crippen LogP contribution in [0.15, 0.2) is 0 Å². The van der Waals surface area contributed by atoms with Crippen molar-refractivity contribution in [3.63, 3.8) is 0 Å². The van der Waals surface area contributed by atoms with Crippen molar-refractivity contribution in [2.24, 2.45) is 5.92 Å². The summed E-state index contributed by atoms with van der Waals surface area (Å²) in [7, 11) is 0. The van der Waals surface area contributed by atoms with E-state index >= 15 is 0 Å². The predicted octanol–water partition coefficient (Wildman–Crippen LogP) is -0.622. The Hall–Kier alpha value is -0.680. The van der Waals surface area contributed by atoms with Crippen LogP contribution in [0.4, 0.5) is 0 Å². The molecule has 1 aliphatic rings. The summed E-state index contributed by atoms with van der Waals surface area (Å²) >= 11 is 4.80. The zero-order chi connectivity index (χ0) is 9.35. The maximum absolute atomic E-state index is 11.0. The van der Waals surface area contributed by atoms with E-state index < -0.39 is 11.6 Å². The molecule has 5 heteroatoms. The van der Waals surface area contributed by atoms with Crippen molar-refractivity contribution >= 4 is 23.1 Å². The van der Waals surface area contributed by atoms with Gasteiger partial charge in [-0.1, -0.05) is 0 Å². The highest BCUT2D eigenvalue weighted by atomic mass is 32.1. The van der Waals surface area contributed by atoms with Gasteiger partial charge < -0.3 is 15.7 Å². The first-order chi connectivity index (χ1) is 5.43. The molecule has 0 aromatic heterocycles. The summed E-state index contributed by atoms with van der Waals surface area (Å²) < 4.78 is 0. The number of carbonyl (C=O) groups is 1. The van der Waals surface area contributed by atoms with E-state index in [-0.39, 0.29) is 5.78 Å². The Labute approximate surface area is 76.3 Å². The Morgan fingerprint density at radius 1 is 1.83 bits per heavy atom. The topological polar surface area (TPSA) is 61.4 Å². The van der Waals surface area contributed by atoms with Crippen molar-refractivity contribution < 1.29 is 9.90 Å². The monoisotopic (exact) mass is 188 g/mol. The first-order valence-corrected chi connectivity index (χ1v) is 4.13. The second kappa shape index (κ2) is 2.99. The summed E-state index contributed by atoms with van der Waals surface area (Å²) in [5, 5.41) is 15.6. The van der Waals surface area contributed by atoms with Crippen LogP contribution in [-0.2, 0) is 4.79 Å². The molecule has 1 rings (SSSR count). The van der Waals surface area contributed by atoms with Gasteiger partial charge in [0.2, 0.25) is 0 Å². The largest absolute Gasteiger partial charge is 0.370 e. The number of nitrogens with one attached hydrogen (secondary N) is 2. The van der Waals surface area contributed by atoms with Crippen LogP contribution in [0.3, 0.4) is 0 Å². The lowest BCUT2D eigenvalue weighted by Crippen LogP contribution is -2.64. The Morgan fingerprint density at radius 3 is 2.83 bits per heavy atom. The third kappa shape index (κ3) is 1.73. The Balaban J connectivity index is 2.77. The van der Waals surface area contributed by atoms with Crippen molar-refractivity contribution in [2.75, 3.05) is 6.54 Å². The molecule has 12 heavy (non-hydrogen) atoms. The second-order valence-electron chi connectivity index (χ2n) is 3.15. The average Bonchev–Trinajstić information content (AvgIpc) is 1.82. The molecule has 1 aliphatic heterocycles. The number of Topliss-reactive ketones (excluding diaryl/α,β-unsaturated/α-hetero) is 1. The minimum Gasteiger partial charge on any atom is -0.370 e. The van der Waals surface area contributed by atoms with E-state index in [4.69, 9.17) is 12.2 Å². The smallest absolute Gasteiger partial charge is 0.168 e. The van der Waals surface area contributed by atoms with Crippen molar-refractivity contribution in [3.05, 3.63) is 0 Å². The number of rotatable bonds is 1.